The Balaban J connectivity index is 1.91. The molecule has 2 N–H and O–H groups in total. The van der Waals surface area contributed by atoms with E-state index in [4.69, 9.17) is 0 Å². The van der Waals surface area contributed by atoms with Crippen LogP contribution >= 0.6 is 0 Å². The Morgan fingerprint density at radius 2 is 1.45 bits per heavy atom. The van der Waals surface area contributed by atoms with Gasteiger partial charge in [0.1, 0.15) is 0 Å². The van der Waals surface area contributed by atoms with Gasteiger partial charge in [0.25, 0.3) is 0 Å². The van der Waals surface area contributed by atoms with Gasteiger partial charge in [-0.3, -0.25) is 9.59 Å². The second kappa shape index (κ2) is 7.46. The predicted octanol–water partition coefficient (Wildman–Crippen LogP) is 2.88. The summed E-state index contributed by atoms with van der Waals surface area (Å²) in [5.41, 5.74) is 0. The number of hydrogen-bond acceptors (Lipinski definition) is 2. The molecule has 1 amide bonds. The van der Waals surface area contributed by atoms with Crippen molar-refractivity contribution in [1.82, 2.24) is 5.32 Å². The number of nitrogens with one attached hydrogen (secondary N) is 1. The third kappa shape index (κ3) is 4.09. The van der Waals surface area contributed by atoms with Crippen molar-refractivity contribution in [3.05, 3.63) is 12.2 Å². The largest absolute Gasteiger partial charge is 0.481 e. The quantitative estimate of drug-likeness (QED) is 0.781. The molecule has 4 nitrogen and oxygen atoms in total. The van der Waals surface area contributed by atoms with Crippen molar-refractivity contribution in [3.8, 4) is 0 Å². The van der Waals surface area contributed by atoms with E-state index >= 15 is 0 Å². The fourth-order valence-corrected chi connectivity index (χ4v) is 3.29. The zero-order chi connectivity index (χ0) is 14.4. The Morgan fingerprint density at radius 1 is 0.900 bits per heavy atom. The first-order valence-corrected chi connectivity index (χ1v) is 7.86. The Labute approximate surface area is 120 Å². The molecule has 0 unspecified atom stereocenters. The molecule has 0 heterocycles. The monoisotopic (exact) mass is 279 g/mol. The topological polar surface area (TPSA) is 66.4 Å². The second-order valence-corrected chi connectivity index (χ2v) is 6.04. The Bertz CT molecular complexity index is 370. The van der Waals surface area contributed by atoms with Crippen LogP contribution in [0.2, 0.25) is 0 Å². The lowest BCUT2D eigenvalue weighted by Crippen LogP contribution is -2.43. The van der Waals surface area contributed by atoms with Crippen molar-refractivity contribution in [3.63, 3.8) is 0 Å². The van der Waals surface area contributed by atoms with E-state index in [1.165, 1.54) is 19.3 Å². The summed E-state index contributed by atoms with van der Waals surface area (Å²) < 4.78 is 0. The molecule has 2 aliphatic rings. The van der Waals surface area contributed by atoms with Crippen LogP contribution in [0.5, 0.6) is 0 Å². The molecule has 1 fully saturated rings. The molecule has 0 radical (unpaired) electrons. The molecule has 0 aromatic heterocycles. The predicted molar refractivity (Wildman–Crippen MR) is 77.2 cm³/mol. The van der Waals surface area contributed by atoms with E-state index in [1.807, 2.05) is 12.2 Å². The highest BCUT2D eigenvalue weighted by molar-refractivity contribution is 5.85. The summed E-state index contributed by atoms with van der Waals surface area (Å²) in [4.78, 5) is 23.6. The molecule has 20 heavy (non-hydrogen) atoms. The van der Waals surface area contributed by atoms with Gasteiger partial charge in [0.15, 0.2) is 0 Å². The molecular formula is C16H25NO3. The van der Waals surface area contributed by atoms with Crippen LogP contribution in [-0.2, 0) is 9.59 Å². The summed E-state index contributed by atoms with van der Waals surface area (Å²) in [5, 5.41) is 12.3. The molecule has 2 rings (SSSR count). The molecule has 0 bridgehead atoms. The van der Waals surface area contributed by atoms with Crippen LogP contribution in [0.1, 0.15) is 57.8 Å². The lowest BCUT2D eigenvalue weighted by molar-refractivity contribution is -0.147. The molecule has 112 valence electrons. The van der Waals surface area contributed by atoms with Crippen LogP contribution in [0.25, 0.3) is 0 Å². The van der Waals surface area contributed by atoms with E-state index in [1.54, 1.807) is 0 Å². The standard InChI is InChI=1S/C16H25NO3/c18-15(13-10-6-7-11-14(13)16(19)20)17-12-8-4-2-1-3-5-9-12/h6-7,12-14H,1-5,8-11H2,(H,17,18)(H,19,20)/t13-,14+/m1/s1. The molecular weight excluding hydrogens is 254 g/mol. The molecule has 0 saturated heterocycles. The van der Waals surface area contributed by atoms with E-state index in [9.17, 15) is 14.7 Å². The fraction of sp³-hybridized carbons (Fsp3) is 0.750. The number of carbonyl (C=O) groups is 2. The average Bonchev–Trinajstić information content (AvgIpc) is 2.41. The number of hydrogen-bond donors (Lipinski definition) is 2. The summed E-state index contributed by atoms with van der Waals surface area (Å²) in [6.07, 6.45) is 13.0. The van der Waals surface area contributed by atoms with Gasteiger partial charge in [0.05, 0.1) is 11.8 Å². The summed E-state index contributed by atoms with van der Waals surface area (Å²) in [6, 6.07) is 0.239. The van der Waals surface area contributed by atoms with E-state index in [0.29, 0.717) is 12.8 Å². The van der Waals surface area contributed by atoms with Crippen LogP contribution in [0.4, 0.5) is 0 Å². The van der Waals surface area contributed by atoms with E-state index in [0.717, 1.165) is 25.7 Å². The lowest BCUT2D eigenvalue weighted by Gasteiger charge is -2.28. The zero-order valence-electron chi connectivity index (χ0n) is 12.0. The van der Waals surface area contributed by atoms with Crippen molar-refractivity contribution < 1.29 is 14.7 Å². The van der Waals surface area contributed by atoms with Crippen molar-refractivity contribution in [2.75, 3.05) is 0 Å². The Hall–Kier alpha value is -1.32. The summed E-state index contributed by atoms with van der Waals surface area (Å²) in [6.45, 7) is 0. The van der Waals surface area contributed by atoms with Gasteiger partial charge in [0, 0.05) is 6.04 Å². The molecule has 2 aliphatic carbocycles. The van der Waals surface area contributed by atoms with Gasteiger partial charge in [-0.1, -0.05) is 44.3 Å². The molecule has 2 atom stereocenters. The molecule has 4 heteroatoms. The van der Waals surface area contributed by atoms with Crippen molar-refractivity contribution in [2.24, 2.45) is 11.8 Å². The maximum Gasteiger partial charge on any atom is 0.307 e. The van der Waals surface area contributed by atoms with Gasteiger partial charge in [-0.15, -0.1) is 0 Å². The van der Waals surface area contributed by atoms with E-state index < -0.39 is 17.8 Å². The number of carboxylic acids is 1. The van der Waals surface area contributed by atoms with Gasteiger partial charge in [0.2, 0.25) is 5.91 Å². The zero-order valence-corrected chi connectivity index (χ0v) is 12.0. The fourth-order valence-electron chi connectivity index (χ4n) is 3.29. The minimum atomic E-state index is -0.854. The highest BCUT2D eigenvalue weighted by atomic mass is 16.4. The lowest BCUT2D eigenvalue weighted by atomic mass is 9.82. The Kier molecular flexibility index (Phi) is 5.62. The number of carbonyl (C=O) groups excluding carboxylic acids is 1. The molecule has 1 saturated carbocycles. The second-order valence-electron chi connectivity index (χ2n) is 6.04. The number of amides is 1. The summed E-state index contributed by atoms with van der Waals surface area (Å²) in [7, 11) is 0. The summed E-state index contributed by atoms with van der Waals surface area (Å²) in [5.74, 6) is -1.88. The van der Waals surface area contributed by atoms with Crippen LogP contribution in [0, 0.1) is 11.8 Å². The van der Waals surface area contributed by atoms with Crippen LogP contribution in [-0.4, -0.2) is 23.0 Å². The normalized spacial score (nSPS) is 28.4. The maximum absolute atomic E-state index is 12.4. The molecule has 0 aliphatic heterocycles. The highest BCUT2D eigenvalue weighted by Gasteiger charge is 2.34. The van der Waals surface area contributed by atoms with Gasteiger partial charge in [-0.2, -0.15) is 0 Å². The maximum atomic E-state index is 12.4. The SMILES string of the molecule is O=C(O)[C@H]1CC=CC[C@H]1C(=O)NC1CCCCCCC1. The van der Waals surface area contributed by atoms with Crippen molar-refractivity contribution in [2.45, 2.75) is 63.8 Å². The first-order chi connectivity index (χ1) is 9.68. The van der Waals surface area contributed by atoms with Crippen LogP contribution in [0.3, 0.4) is 0 Å². The molecule has 0 aromatic carbocycles. The van der Waals surface area contributed by atoms with Gasteiger partial charge < -0.3 is 10.4 Å². The summed E-state index contributed by atoms with van der Waals surface area (Å²) >= 11 is 0. The minimum Gasteiger partial charge on any atom is -0.481 e. The molecule has 0 spiro atoms. The minimum absolute atomic E-state index is 0.0627. The number of carboxylic acid groups (broad SMARTS) is 1. The smallest absolute Gasteiger partial charge is 0.307 e. The van der Waals surface area contributed by atoms with Gasteiger partial charge in [-0.05, 0) is 25.7 Å². The van der Waals surface area contributed by atoms with E-state index in [2.05, 4.69) is 5.32 Å². The number of allylic oxidation sites excluding steroid dienone is 2. The molecule has 0 aromatic rings. The Morgan fingerprint density at radius 3 is 2.05 bits per heavy atom. The van der Waals surface area contributed by atoms with Crippen LogP contribution < -0.4 is 5.32 Å². The third-order valence-electron chi connectivity index (χ3n) is 4.54. The van der Waals surface area contributed by atoms with Crippen LogP contribution in [0.15, 0.2) is 12.2 Å². The van der Waals surface area contributed by atoms with Gasteiger partial charge in [-0.25, -0.2) is 0 Å². The number of aliphatic carboxylic acids is 1. The van der Waals surface area contributed by atoms with Crippen molar-refractivity contribution in [1.29, 1.82) is 0 Å². The first kappa shape index (κ1) is 15.1. The van der Waals surface area contributed by atoms with Crippen molar-refractivity contribution >= 4 is 11.9 Å². The highest BCUT2D eigenvalue weighted by Crippen LogP contribution is 2.27. The third-order valence-corrected chi connectivity index (χ3v) is 4.54. The number of rotatable bonds is 3. The average molecular weight is 279 g/mol. The van der Waals surface area contributed by atoms with E-state index in [-0.39, 0.29) is 11.9 Å². The first-order valence-electron chi connectivity index (χ1n) is 7.86. The van der Waals surface area contributed by atoms with Gasteiger partial charge >= 0.3 is 5.97 Å².